The predicted molar refractivity (Wildman–Crippen MR) is 82.8 cm³/mol. The third-order valence-corrected chi connectivity index (χ3v) is 6.53. The van der Waals surface area contributed by atoms with Gasteiger partial charge < -0.3 is 15.4 Å². The summed E-state index contributed by atoms with van der Waals surface area (Å²) in [6.07, 6.45) is 5.44. The SMILES string of the molecule is CCC1CCC(C)N1C(=O)C1(N)C2CCCOC2C1(C)C. The van der Waals surface area contributed by atoms with Crippen LogP contribution in [0.4, 0.5) is 0 Å². The van der Waals surface area contributed by atoms with E-state index in [0.29, 0.717) is 12.1 Å². The number of carbonyl (C=O) groups is 1. The van der Waals surface area contributed by atoms with Crippen molar-refractivity contribution in [1.82, 2.24) is 4.90 Å². The van der Waals surface area contributed by atoms with E-state index in [1.807, 2.05) is 0 Å². The maximum absolute atomic E-state index is 13.3. The molecular weight excluding hydrogens is 264 g/mol. The van der Waals surface area contributed by atoms with Gasteiger partial charge in [-0.25, -0.2) is 0 Å². The van der Waals surface area contributed by atoms with Crippen molar-refractivity contribution in [2.75, 3.05) is 6.61 Å². The van der Waals surface area contributed by atoms with Crippen LogP contribution in [-0.2, 0) is 9.53 Å². The number of hydrogen-bond acceptors (Lipinski definition) is 3. The van der Waals surface area contributed by atoms with Crippen LogP contribution in [0.2, 0.25) is 0 Å². The number of likely N-dealkylation sites (tertiary alicyclic amines) is 1. The number of rotatable bonds is 2. The Morgan fingerprint density at radius 2 is 2.05 bits per heavy atom. The Labute approximate surface area is 128 Å². The van der Waals surface area contributed by atoms with Crippen LogP contribution in [0.5, 0.6) is 0 Å². The number of amides is 1. The van der Waals surface area contributed by atoms with Crippen molar-refractivity contribution in [3.05, 3.63) is 0 Å². The first kappa shape index (κ1) is 15.3. The summed E-state index contributed by atoms with van der Waals surface area (Å²) in [7, 11) is 0. The van der Waals surface area contributed by atoms with Crippen molar-refractivity contribution in [2.24, 2.45) is 17.1 Å². The highest BCUT2D eigenvalue weighted by atomic mass is 16.5. The fraction of sp³-hybridized carbons (Fsp3) is 0.941. The van der Waals surface area contributed by atoms with E-state index in [4.69, 9.17) is 10.5 Å². The molecule has 2 heterocycles. The van der Waals surface area contributed by atoms with Crippen molar-refractivity contribution in [3.63, 3.8) is 0 Å². The molecule has 0 aromatic rings. The third kappa shape index (κ3) is 1.84. The quantitative estimate of drug-likeness (QED) is 0.850. The molecule has 5 unspecified atom stereocenters. The van der Waals surface area contributed by atoms with Gasteiger partial charge in [-0.15, -0.1) is 0 Å². The number of hydrogen-bond donors (Lipinski definition) is 1. The van der Waals surface area contributed by atoms with Gasteiger partial charge in [0.05, 0.1) is 6.10 Å². The molecule has 0 aromatic carbocycles. The zero-order valence-electron chi connectivity index (χ0n) is 13.9. The monoisotopic (exact) mass is 294 g/mol. The molecule has 5 atom stereocenters. The van der Waals surface area contributed by atoms with Crippen LogP contribution >= 0.6 is 0 Å². The molecule has 3 fully saturated rings. The molecule has 0 aromatic heterocycles. The van der Waals surface area contributed by atoms with E-state index < -0.39 is 5.54 Å². The lowest BCUT2D eigenvalue weighted by molar-refractivity contribution is -0.231. The standard InChI is InChI=1S/C17H30N2O2/c1-5-12-9-8-11(2)19(12)15(20)17(18)13-7-6-10-21-14(13)16(17,3)4/h11-14H,5-10,18H2,1-4H3. The second-order valence-corrected chi connectivity index (χ2v) is 7.83. The lowest BCUT2D eigenvalue weighted by Gasteiger charge is -2.66. The van der Waals surface area contributed by atoms with Gasteiger partial charge in [-0.3, -0.25) is 4.79 Å². The smallest absolute Gasteiger partial charge is 0.244 e. The molecule has 2 N–H and O–H groups in total. The molecule has 4 heteroatoms. The van der Waals surface area contributed by atoms with Gasteiger partial charge in [0.15, 0.2) is 0 Å². The molecule has 0 radical (unpaired) electrons. The predicted octanol–water partition coefficient (Wildman–Crippen LogP) is 2.31. The lowest BCUT2D eigenvalue weighted by Crippen LogP contribution is -2.82. The van der Waals surface area contributed by atoms with Gasteiger partial charge in [-0.2, -0.15) is 0 Å². The summed E-state index contributed by atoms with van der Waals surface area (Å²) in [5.74, 6) is 0.371. The lowest BCUT2D eigenvalue weighted by atomic mass is 9.46. The molecular formula is C17H30N2O2. The average Bonchev–Trinajstić information content (AvgIpc) is 2.86. The Morgan fingerprint density at radius 3 is 2.71 bits per heavy atom. The van der Waals surface area contributed by atoms with E-state index >= 15 is 0 Å². The average molecular weight is 294 g/mol. The maximum Gasteiger partial charge on any atom is 0.244 e. The normalized spacial score (nSPS) is 45.1. The van der Waals surface area contributed by atoms with Crippen LogP contribution in [0.3, 0.4) is 0 Å². The minimum absolute atomic E-state index is 0.151. The van der Waals surface area contributed by atoms with Crippen molar-refractivity contribution >= 4 is 5.91 Å². The Kier molecular flexibility index (Phi) is 3.61. The zero-order chi connectivity index (χ0) is 15.4. The number of fused-ring (bicyclic) bond motifs is 1. The minimum Gasteiger partial charge on any atom is -0.377 e. The summed E-state index contributed by atoms with van der Waals surface area (Å²) in [6.45, 7) is 9.37. The maximum atomic E-state index is 13.3. The minimum atomic E-state index is -0.746. The first-order valence-corrected chi connectivity index (χ1v) is 8.59. The van der Waals surface area contributed by atoms with Crippen molar-refractivity contribution in [3.8, 4) is 0 Å². The Bertz CT molecular complexity index is 437. The van der Waals surface area contributed by atoms with Gasteiger partial charge in [0.25, 0.3) is 0 Å². The summed E-state index contributed by atoms with van der Waals surface area (Å²) in [6, 6.07) is 0.689. The third-order valence-electron chi connectivity index (χ3n) is 6.53. The van der Waals surface area contributed by atoms with Gasteiger partial charge in [0, 0.05) is 30.0 Å². The summed E-state index contributed by atoms with van der Waals surface area (Å²) in [5.41, 5.74) is 5.75. The summed E-state index contributed by atoms with van der Waals surface area (Å²) < 4.78 is 5.93. The molecule has 3 rings (SSSR count). The van der Waals surface area contributed by atoms with Gasteiger partial charge in [0.2, 0.25) is 5.91 Å². The highest BCUT2D eigenvalue weighted by Gasteiger charge is 2.71. The van der Waals surface area contributed by atoms with Gasteiger partial charge >= 0.3 is 0 Å². The first-order valence-electron chi connectivity index (χ1n) is 8.59. The van der Waals surface area contributed by atoms with Crippen molar-refractivity contribution in [2.45, 2.75) is 83.5 Å². The molecule has 0 spiro atoms. The number of carbonyl (C=O) groups excluding carboxylic acids is 1. The van der Waals surface area contributed by atoms with Crippen LogP contribution in [0, 0.1) is 11.3 Å². The van der Waals surface area contributed by atoms with Crippen LogP contribution < -0.4 is 5.73 Å². The molecule has 2 aliphatic heterocycles. The first-order chi connectivity index (χ1) is 9.85. The van der Waals surface area contributed by atoms with Crippen LogP contribution in [0.1, 0.15) is 59.8 Å². The molecule has 3 aliphatic rings. The molecule has 21 heavy (non-hydrogen) atoms. The van der Waals surface area contributed by atoms with Gasteiger partial charge in [0.1, 0.15) is 5.54 Å². The highest BCUT2D eigenvalue weighted by molar-refractivity contribution is 5.90. The molecule has 1 aliphatic carbocycles. The Hall–Kier alpha value is -0.610. The second-order valence-electron chi connectivity index (χ2n) is 7.83. The fourth-order valence-corrected chi connectivity index (χ4v) is 5.06. The van der Waals surface area contributed by atoms with E-state index in [-0.39, 0.29) is 23.3 Å². The van der Waals surface area contributed by atoms with E-state index in [1.165, 1.54) is 0 Å². The molecule has 120 valence electrons. The Balaban J connectivity index is 1.89. The summed E-state index contributed by atoms with van der Waals surface area (Å²) in [4.78, 5) is 15.4. The van der Waals surface area contributed by atoms with E-state index in [0.717, 1.165) is 38.7 Å². The van der Waals surface area contributed by atoms with Crippen LogP contribution in [0.15, 0.2) is 0 Å². The molecule has 4 nitrogen and oxygen atoms in total. The van der Waals surface area contributed by atoms with E-state index in [9.17, 15) is 4.79 Å². The van der Waals surface area contributed by atoms with Crippen molar-refractivity contribution < 1.29 is 9.53 Å². The zero-order valence-corrected chi connectivity index (χ0v) is 13.9. The molecule has 1 saturated carbocycles. The fourth-order valence-electron chi connectivity index (χ4n) is 5.06. The second kappa shape index (κ2) is 4.95. The number of nitrogens with two attached hydrogens (primary N) is 1. The topological polar surface area (TPSA) is 55.6 Å². The van der Waals surface area contributed by atoms with Crippen LogP contribution in [0.25, 0.3) is 0 Å². The summed E-state index contributed by atoms with van der Waals surface area (Å²) in [5, 5.41) is 0. The summed E-state index contributed by atoms with van der Waals surface area (Å²) >= 11 is 0. The Morgan fingerprint density at radius 1 is 1.33 bits per heavy atom. The largest absolute Gasteiger partial charge is 0.377 e. The van der Waals surface area contributed by atoms with E-state index in [1.54, 1.807) is 0 Å². The van der Waals surface area contributed by atoms with Crippen LogP contribution in [-0.4, -0.2) is 41.1 Å². The highest BCUT2D eigenvalue weighted by Crippen LogP contribution is 2.58. The van der Waals surface area contributed by atoms with Crippen molar-refractivity contribution in [1.29, 1.82) is 0 Å². The molecule has 2 saturated heterocycles. The number of nitrogens with zero attached hydrogens (tertiary/aromatic N) is 1. The van der Waals surface area contributed by atoms with Gasteiger partial charge in [-0.1, -0.05) is 20.8 Å². The number of ether oxygens (including phenoxy) is 1. The van der Waals surface area contributed by atoms with E-state index in [2.05, 4.69) is 32.6 Å². The van der Waals surface area contributed by atoms with Gasteiger partial charge in [-0.05, 0) is 39.0 Å². The molecule has 0 bridgehead atoms. The molecule has 1 amide bonds.